The molecule has 8 heteroatoms. The second-order valence-electron chi connectivity index (χ2n) is 7.46. The normalized spacial score (nSPS) is 11.1. The number of benzene rings is 2. The van der Waals surface area contributed by atoms with Gasteiger partial charge in [0.25, 0.3) is 0 Å². The highest BCUT2D eigenvalue weighted by Crippen LogP contribution is 2.34. The molecule has 0 saturated carbocycles. The van der Waals surface area contributed by atoms with Gasteiger partial charge in [-0.15, -0.1) is 0 Å². The summed E-state index contributed by atoms with van der Waals surface area (Å²) in [5.74, 6) is 0.507. The molecule has 0 aliphatic carbocycles. The summed E-state index contributed by atoms with van der Waals surface area (Å²) in [6.07, 6.45) is 4.99. The molecule has 0 fully saturated rings. The van der Waals surface area contributed by atoms with Crippen LogP contribution in [0.15, 0.2) is 54.7 Å². The Balaban J connectivity index is 1.47. The van der Waals surface area contributed by atoms with E-state index in [1.807, 2.05) is 42.6 Å². The molecule has 4 aromatic rings. The average molecular weight is 466 g/mol. The molecular formula is C25H27N3O4S. The van der Waals surface area contributed by atoms with Gasteiger partial charge in [-0.3, -0.25) is 0 Å². The van der Waals surface area contributed by atoms with Crippen molar-refractivity contribution in [2.45, 2.75) is 26.2 Å². The van der Waals surface area contributed by atoms with E-state index in [1.54, 1.807) is 30.7 Å². The molecule has 7 nitrogen and oxygen atoms in total. The lowest BCUT2D eigenvalue weighted by molar-refractivity contribution is 0.0526. The lowest BCUT2D eigenvalue weighted by Gasteiger charge is -2.09. The molecule has 0 spiro atoms. The summed E-state index contributed by atoms with van der Waals surface area (Å²) in [5, 5.41) is 5.59. The van der Waals surface area contributed by atoms with E-state index in [1.165, 1.54) is 11.3 Å². The third kappa shape index (κ3) is 5.58. The molecule has 0 amide bonds. The van der Waals surface area contributed by atoms with Crippen molar-refractivity contribution < 1.29 is 19.0 Å². The van der Waals surface area contributed by atoms with E-state index < -0.39 is 0 Å². The quantitative estimate of drug-likeness (QED) is 0.215. The number of hydrogen-bond donors (Lipinski definition) is 0. The number of fused-ring (bicyclic) bond motifs is 1. The summed E-state index contributed by atoms with van der Waals surface area (Å²) in [6, 6.07) is 15.2. The van der Waals surface area contributed by atoms with E-state index in [2.05, 4.69) is 0 Å². The van der Waals surface area contributed by atoms with Gasteiger partial charge < -0.3 is 14.2 Å². The molecule has 0 radical (unpaired) electrons. The van der Waals surface area contributed by atoms with E-state index in [-0.39, 0.29) is 5.97 Å². The fraction of sp³-hybridized carbons (Fsp3) is 0.320. The van der Waals surface area contributed by atoms with Crippen LogP contribution in [0, 0.1) is 0 Å². The Morgan fingerprint density at radius 3 is 2.58 bits per heavy atom. The van der Waals surface area contributed by atoms with Crippen LogP contribution in [0.25, 0.3) is 26.8 Å². The molecular weight excluding hydrogens is 438 g/mol. The largest absolute Gasteiger partial charge is 0.493 e. The van der Waals surface area contributed by atoms with Crippen LogP contribution in [0.4, 0.5) is 0 Å². The number of para-hydroxylation sites is 1. The molecule has 2 aromatic heterocycles. The SMILES string of the molecule is CCOC(=O)c1ccc(-c2cn3nc(-c4ccccc4OCCCCCOC)sc3n2)cc1. The Morgan fingerprint density at radius 1 is 1.03 bits per heavy atom. The number of hydrogen-bond acceptors (Lipinski definition) is 7. The van der Waals surface area contributed by atoms with Crippen LogP contribution in [0.5, 0.6) is 5.75 Å². The first kappa shape index (κ1) is 22.9. The van der Waals surface area contributed by atoms with Crippen molar-refractivity contribution in [2.24, 2.45) is 0 Å². The zero-order valence-corrected chi connectivity index (χ0v) is 19.6. The van der Waals surface area contributed by atoms with E-state index in [0.717, 1.165) is 58.4 Å². The first-order valence-corrected chi connectivity index (χ1v) is 11.9. The number of carbonyl (C=O) groups excluding carboxylic acids is 1. The number of nitrogens with zero attached hydrogens (tertiary/aromatic N) is 3. The summed E-state index contributed by atoms with van der Waals surface area (Å²) >= 11 is 1.52. The van der Waals surface area contributed by atoms with Gasteiger partial charge in [-0.05, 0) is 50.5 Å². The topological polar surface area (TPSA) is 75.0 Å². The third-order valence-electron chi connectivity index (χ3n) is 5.10. The maximum absolute atomic E-state index is 11.9. The second kappa shape index (κ2) is 11.1. The highest BCUT2D eigenvalue weighted by atomic mass is 32.1. The first-order valence-electron chi connectivity index (χ1n) is 11.0. The number of imidazole rings is 1. The standard InChI is InChI=1S/C25H27N3O4S/c1-3-31-24(29)19-13-11-18(12-14-19)21-17-28-25(26-21)33-23(27-28)20-9-5-6-10-22(20)32-16-8-4-7-15-30-2/h5-6,9-14,17H,3-4,7-8,15-16H2,1-2H3. The highest BCUT2D eigenvalue weighted by Gasteiger charge is 2.15. The van der Waals surface area contributed by atoms with Crippen LogP contribution >= 0.6 is 11.3 Å². The predicted molar refractivity (Wildman–Crippen MR) is 129 cm³/mol. The molecule has 0 unspecified atom stereocenters. The van der Waals surface area contributed by atoms with Gasteiger partial charge in [0.05, 0.1) is 36.2 Å². The summed E-state index contributed by atoms with van der Waals surface area (Å²) in [5.41, 5.74) is 3.21. The Labute approximate surface area is 196 Å². The molecule has 33 heavy (non-hydrogen) atoms. The Kier molecular flexibility index (Phi) is 7.70. The third-order valence-corrected chi connectivity index (χ3v) is 6.06. The van der Waals surface area contributed by atoms with Gasteiger partial charge >= 0.3 is 5.97 Å². The van der Waals surface area contributed by atoms with Gasteiger partial charge in [0, 0.05) is 19.3 Å². The molecule has 172 valence electrons. The maximum Gasteiger partial charge on any atom is 0.338 e. The Morgan fingerprint density at radius 2 is 1.82 bits per heavy atom. The van der Waals surface area contributed by atoms with Crippen LogP contribution in [0.1, 0.15) is 36.5 Å². The molecule has 0 aliphatic heterocycles. The van der Waals surface area contributed by atoms with E-state index in [9.17, 15) is 4.79 Å². The van der Waals surface area contributed by atoms with Crippen LogP contribution in [0.3, 0.4) is 0 Å². The van der Waals surface area contributed by atoms with Gasteiger partial charge in [-0.1, -0.05) is 35.6 Å². The first-order chi connectivity index (χ1) is 16.2. The summed E-state index contributed by atoms with van der Waals surface area (Å²) in [4.78, 5) is 17.4. The van der Waals surface area contributed by atoms with Gasteiger partial charge in [-0.25, -0.2) is 14.3 Å². The number of rotatable bonds is 11. The van der Waals surface area contributed by atoms with Gasteiger partial charge in [0.1, 0.15) is 5.75 Å². The predicted octanol–water partition coefficient (Wildman–Crippen LogP) is 5.50. The Bertz CT molecular complexity index is 1170. The lowest BCUT2D eigenvalue weighted by atomic mass is 10.1. The summed E-state index contributed by atoms with van der Waals surface area (Å²) < 4.78 is 18.0. The minimum Gasteiger partial charge on any atom is -0.493 e. The van der Waals surface area contributed by atoms with Gasteiger partial charge in [0.15, 0.2) is 5.01 Å². The number of aromatic nitrogens is 3. The molecule has 2 aromatic carbocycles. The van der Waals surface area contributed by atoms with E-state index >= 15 is 0 Å². The van der Waals surface area contributed by atoms with Crippen molar-refractivity contribution in [1.82, 2.24) is 14.6 Å². The second-order valence-corrected chi connectivity index (χ2v) is 8.41. The fourth-order valence-corrected chi connectivity index (χ4v) is 4.33. The van der Waals surface area contributed by atoms with Crippen molar-refractivity contribution in [3.05, 3.63) is 60.3 Å². The Hall–Kier alpha value is -3.23. The molecule has 2 heterocycles. The molecule has 0 N–H and O–H groups in total. The van der Waals surface area contributed by atoms with Crippen molar-refractivity contribution >= 4 is 22.3 Å². The zero-order valence-electron chi connectivity index (χ0n) is 18.8. The zero-order chi connectivity index (χ0) is 23.0. The van der Waals surface area contributed by atoms with Gasteiger partial charge in [-0.2, -0.15) is 5.10 Å². The van der Waals surface area contributed by atoms with E-state index in [4.69, 9.17) is 24.3 Å². The van der Waals surface area contributed by atoms with Crippen molar-refractivity contribution in [2.75, 3.05) is 26.9 Å². The number of unbranched alkanes of at least 4 members (excludes halogenated alkanes) is 2. The minimum absolute atomic E-state index is 0.322. The number of carbonyl (C=O) groups is 1. The van der Waals surface area contributed by atoms with Crippen molar-refractivity contribution in [1.29, 1.82) is 0 Å². The van der Waals surface area contributed by atoms with Crippen molar-refractivity contribution in [3.63, 3.8) is 0 Å². The van der Waals surface area contributed by atoms with Crippen molar-refractivity contribution in [3.8, 4) is 27.6 Å². The number of esters is 1. The minimum atomic E-state index is -0.322. The smallest absolute Gasteiger partial charge is 0.338 e. The monoisotopic (exact) mass is 465 g/mol. The van der Waals surface area contributed by atoms with Crippen LogP contribution in [0.2, 0.25) is 0 Å². The van der Waals surface area contributed by atoms with Crippen LogP contribution < -0.4 is 4.74 Å². The lowest BCUT2D eigenvalue weighted by Crippen LogP contribution is -2.03. The van der Waals surface area contributed by atoms with Crippen LogP contribution in [-0.2, 0) is 9.47 Å². The molecule has 0 atom stereocenters. The van der Waals surface area contributed by atoms with E-state index in [0.29, 0.717) is 18.8 Å². The van der Waals surface area contributed by atoms with Gasteiger partial charge in [0.2, 0.25) is 4.96 Å². The molecule has 0 saturated heterocycles. The highest BCUT2D eigenvalue weighted by molar-refractivity contribution is 7.19. The molecule has 4 rings (SSSR count). The summed E-state index contributed by atoms with van der Waals surface area (Å²) in [7, 11) is 1.72. The maximum atomic E-state index is 11.9. The summed E-state index contributed by atoms with van der Waals surface area (Å²) in [6.45, 7) is 3.59. The fourth-order valence-electron chi connectivity index (χ4n) is 3.42. The molecule has 0 aliphatic rings. The number of methoxy groups -OCH3 is 1. The number of ether oxygens (including phenoxy) is 3. The van der Waals surface area contributed by atoms with Crippen LogP contribution in [-0.4, -0.2) is 47.5 Å². The molecule has 0 bridgehead atoms. The average Bonchev–Trinajstić information content (AvgIpc) is 3.41.